The molecule has 0 aliphatic heterocycles. The number of nitriles is 1. The summed E-state index contributed by atoms with van der Waals surface area (Å²) in [7, 11) is 0. The van der Waals surface area contributed by atoms with Crippen molar-refractivity contribution in [2.45, 2.75) is 18.6 Å². The van der Waals surface area contributed by atoms with Crippen molar-refractivity contribution < 1.29 is 10.2 Å². The zero-order valence-electron chi connectivity index (χ0n) is 9.24. The Morgan fingerprint density at radius 2 is 1.76 bits per heavy atom. The zero-order valence-corrected chi connectivity index (χ0v) is 9.24. The second-order valence-corrected chi connectivity index (χ2v) is 3.98. The summed E-state index contributed by atoms with van der Waals surface area (Å²) >= 11 is 0. The van der Waals surface area contributed by atoms with E-state index in [1.54, 1.807) is 6.07 Å². The number of hydrogen-bond donors (Lipinski definition) is 2. The lowest BCUT2D eigenvalue weighted by Gasteiger charge is -2.16. The number of nitrogens with zero attached hydrogens (tertiary/aromatic N) is 1. The molecule has 0 aromatic heterocycles. The molecule has 0 saturated heterocycles. The highest BCUT2D eigenvalue weighted by Gasteiger charge is 2.17. The van der Waals surface area contributed by atoms with Crippen LogP contribution < -0.4 is 0 Å². The summed E-state index contributed by atoms with van der Waals surface area (Å²) < 4.78 is 0. The highest BCUT2D eigenvalue weighted by molar-refractivity contribution is 5.83. The Hall–Kier alpha value is -1.89. The third kappa shape index (κ3) is 2.44. The fraction of sp³-hybridized carbons (Fsp3) is 0.214. The fourth-order valence-corrected chi connectivity index (χ4v) is 1.82. The Balaban J connectivity index is 2.33. The maximum atomic E-state index is 9.88. The summed E-state index contributed by atoms with van der Waals surface area (Å²) in [5.74, 6) is 0. The average molecular weight is 227 g/mol. The molecule has 0 radical (unpaired) electrons. The molecule has 3 nitrogen and oxygen atoms in total. The Morgan fingerprint density at radius 3 is 2.47 bits per heavy atom. The predicted molar refractivity (Wildman–Crippen MR) is 65.1 cm³/mol. The van der Waals surface area contributed by atoms with Gasteiger partial charge in [0.1, 0.15) is 6.10 Å². The Morgan fingerprint density at radius 1 is 1.06 bits per heavy atom. The maximum Gasteiger partial charge on any atom is 0.106 e. The van der Waals surface area contributed by atoms with Crippen molar-refractivity contribution in [3.63, 3.8) is 0 Å². The molecule has 86 valence electrons. The SMILES string of the molecule is N#CCC(O)C(O)c1ccc2ccccc2c1. The van der Waals surface area contributed by atoms with Gasteiger partial charge in [0.2, 0.25) is 0 Å². The first kappa shape index (κ1) is 11.6. The van der Waals surface area contributed by atoms with E-state index in [2.05, 4.69) is 0 Å². The third-order valence-corrected chi connectivity index (χ3v) is 2.78. The first-order valence-electron chi connectivity index (χ1n) is 5.44. The van der Waals surface area contributed by atoms with Gasteiger partial charge in [0, 0.05) is 0 Å². The van der Waals surface area contributed by atoms with E-state index in [-0.39, 0.29) is 6.42 Å². The van der Waals surface area contributed by atoms with Gasteiger partial charge in [0.05, 0.1) is 18.6 Å². The normalized spacial score (nSPS) is 14.2. The molecule has 0 spiro atoms. The van der Waals surface area contributed by atoms with Crippen LogP contribution >= 0.6 is 0 Å². The first-order valence-corrected chi connectivity index (χ1v) is 5.44. The Bertz CT molecular complexity index is 559. The second-order valence-electron chi connectivity index (χ2n) is 3.98. The van der Waals surface area contributed by atoms with Gasteiger partial charge in [-0.1, -0.05) is 36.4 Å². The number of rotatable bonds is 3. The number of aliphatic hydroxyl groups excluding tert-OH is 2. The lowest BCUT2D eigenvalue weighted by Crippen LogP contribution is -2.17. The molecule has 2 aromatic carbocycles. The van der Waals surface area contributed by atoms with Gasteiger partial charge in [-0.05, 0) is 22.4 Å². The summed E-state index contributed by atoms with van der Waals surface area (Å²) in [6, 6.07) is 15.1. The van der Waals surface area contributed by atoms with Gasteiger partial charge in [-0.2, -0.15) is 5.26 Å². The molecular formula is C14H13NO2. The van der Waals surface area contributed by atoms with Crippen LogP contribution in [0.5, 0.6) is 0 Å². The van der Waals surface area contributed by atoms with Crippen molar-refractivity contribution >= 4 is 10.8 Å². The van der Waals surface area contributed by atoms with E-state index in [0.717, 1.165) is 10.8 Å². The summed E-state index contributed by atoms with van der Waals surface area (Å²) in [5.41, 5.74) is 0.631. The monoisotopic (exact) mass is 227 g/mol. The molecule has 0 saturated carbocycles. The molecule has 2 unspecified atom stereocenters. The molecule has 2 aromatic rings. The van der Waals surface area contributed by atoms with E-state index < -0.39 is 12.2 Å². The zero-order chi connectivity index (χ0) is 12.3. The number of fused-ring (bicyclic) bond motifs is 1. The minimum Gasteiger partial charge on any atom is -0.389 e. The Kier molecular flexibility index (Phi) is 3.38. The summed E-state index contributed by atoms with van der Waals surface area (Å²) in [5, 5.41) is 30.0. The predicted octanol–water partition coefficient (Wildman–Crippen LogP) is 2.15. The van der Waals surface area contributed by atoms with Crippen LogP contribution in [0.2, 0.25) is 0 Å². The van der Waals surface area contributed by atoms with Gasteiger partial charge in [-0.15, -0.1) is 0 Å². The van der Waals surface area contributed by atoms with Crippen molar-refractivity contribution in [2.75, 3.05) is 0 Å². The number of aliphatic hydroxyl groups is 2. The van der Waals surface area contributed by atoms with E-state index >= 15 is 0 Å². The molecule has 0 fully saturated rings. The lowest BCUT2D eigenvalue weighted by atomic mass is 9.99. The van der Waals surface area contributed by atoms with Crippen LogP contribution in [-0.2, 0) is 0 Å². The highest BCUT2D eigenvalue weighted by atomic mass is 16.3. The lowest BCUT2D eigenvalue weighted by molar-refractivity contribution is 0.0217. The van der Waals surface area contributed by atoms with Crippen LogP contribution in [-0.4, -0.2) is 16.3 Å². The van der Waals surface area contributed by atoms with Crippen molar-refractivity contribution in [3.8, 4) is 6.07 Å². The van der Waals surface area contributed by atoms with Crippen molar-refractivity contribution in [3.05, 3.63) is 48.0 Å². The first-order chi connectivity index (χ1) is 8.22. The summed E-state index contributed by atoms with van der Waals surface area (Å²) in [6.07, 6.45) is -2.13. The molecule has 0 aliphatic rings. The van der Waals surface area contributed by atoms with Crippen molar-refractivity contribution in [2.24, 2.45) is 0 Å². The van der Waals surface area contributed by atoms with Crippen LogP contribution in [0.4, 0.5) is 0 Å². The topological polar surface area (TPSA) is 64.2 Å². The molecule has 0 amide bonds. The molecule has 0 heterocycles. The van der Waals surface area contributed by atoms with Crippen molar-refractivity contribution in [1.29, 1.82) is 5.26 Å². The molecule has 2 atom stereocenters. The molecule has 3 heteroatoms. The molecule has 2 rings (SSSR count). The van der Waals surface area contributed by atoms with E-state index in [1.807, 2.05) is 42.5 Å². The quantitative estimate of drug-likeness (QED) is 0.844. The fourth-order valence-electron chi connectivity index (χ4n) is 1.82. The van der Waals surface area contributed by atoms with Gasteiger partial charge in [0.25, 0.3) is 0 Å². The smallest absolute Gasteiger partial charge is 0.106 e. The van der Waals surface area contributed by atoms with Crippen LogP contribution in [0.25, 0.3) is 10.8 Å². The van der Waals surface area contributed by atoms with Gasteiger partial charge < -0.3 is 10.2 Å². The summed E-state index contributed by atoms with van der Waals surface area (Å²) in [6.45, 7) is 0. The van der Waals surface area contributed by atoms with E-state index in [4.69, 9.17) is 5.26 Å². The van der Waals surface area contributed by atoms with E-state index in [1.165, 1.54) is 0 Å². The highest BCUT2D eigenvalue weighted by Crippen LogP contribution is 2.23. The van der Waals surface area contributed by atoms with Gasteiger partial charge >= 0.3 is 0 Å². The molecule has 0 aliphatic carbocycles. The molecule has 0 bridgehead atoms. The Labute approximate surface area is 99.6 Å². The summed E-state index contributed by atoms with van der Waals surface area (Å²) in [4.78, 5) is 0. The molecule has 17 heavy (non-hydrogen) atoms. The van der Waals surface area contributed by atoms with Gasteiger partial charge in [-0.3, -0.25) is 0 Å². The largest absolute Gasteiger partial charge is 0.389 e. The number of benzene rings is 2. The van der Waals surface area contributed by atoms with Crippen LogP contribution in [0.3, 0.4) is 0 Å². The minimum atomic E-state index is -1.04. The standard InChI is InChI=1S/C14H13NO2/c15-8-7-13(16)14(17)12-6-5-10-3-1-2-4-11(10)9-12/h1-6,9,13-14,16-17H,7H2. The van der Waals surface area contributed by atoms with Gasteiger partial charge in [-0.25, -0.2) is 0 Å². The maximum absolute atomic E-state index is 9.88. The molecular weight excluding hydrogens is 214 g/mol. The second kappa shape index (κ2) is 4.96. The van der Waals surface area contributed by atoms with E-state index in [0.29, 0.717) is 5.56 Å². The third-order valence-electron chi connectivity index (χ3n) is 2.78. The van der Waals surface area contributed by atoms with E-state index in [9.17, 15) is 10.2 Å². The minimum absolute atomic E-state index is 0.0754. The van der Waals surface area contributed by atoms with Crippen LogP contribution in [0.15, 0.2) is 42.5 Å². The van der Waals surface area contributed by atoms with Gasteiger partial charge in [0.15, 0.2) is 0 Å². The number of hydrogen-bond acceptors (Lipinski definition) is 3. The molecule has 2 N–H and O–H groups in total. The van der Waals surface area contributed by atoms with Crippen molar-refractivity contribution in [1.82, 2.24) is 0 Å². The average Bonchev–Trinajstić information content (AvgIpc) is 2.37. The van der Waals surface area contributed by atoms with Crippen LogP contribution in [0, 0.1) is 11.3 Å². The van der Waals surface area contributed by atoms with Crippen LogP contribution in [0.1, 0.15) is 18.1 Å².